The first-order chi connectivity index (χ1) is 12.0. The maximum Gasteiger partial charge on any atom is 0.277 e. The van der Waals surface area contributed by atoms with Crippen molar-refractivity contribution in [2.75, 3.05) is 6.61 Å². The first-order valence-electron chi connectivity index (χ1n) is 7.47. The van der Waals surface area contributed by atoms with Crippen LogP contribution in [0.25, 0.3) is 0 Å². The number of para-hydroxylation sites is 1. The van der Waals surface area contributed by atoms with E-state index in [9.17, 15) is 14.9 Å². The lowest BCUT2D eigenvalue weighted by Gasteiger charge is -2.06. The van der Waals surface area contributed by atoms with Gasteiger partial charge in [0.05, 0.1) is 16.2 Å². The Bertz CT molecular complexity index is 808. The SMILES string of the molecule is CCc1ccc(/C=N\NC(=O)COc2ccccc2Cl)cc1[N+](=O)[O-]. The average molecular weight is 362 g/mol. The first kappa shape index (κ1) is 18.4. The number of hydrogen-bond donors (Lipinski definition) is 1. The number of hydrazone groups is 1. The second-order valence-electron chi connectivity index (χ2n) is 5.01. The fraction of sp³-hybridized carbons (Fsp3) is 0.176. The number of carbonyl (C=O) groups excluding carboxylic acids is 1. The Balaban J connectivity index is 1.92. The molecule has 0 unspecified atom stereocenters. The molecular weight excluding hydrogens is 346 g/mol. The van der Waals surface area contributed by atoms with Crippen molar-refractivity contribution in [3.8, 4) is 5.75 Å². The van der Waals surface area contributed by atoms with E-state index in [4.69, 9.17) is 16.3 Å². The van der Waals surface area contributed by atoms with Crippen LogP contribution < -0.4 is 10.2 Å². The highest BCUT2D eigenvalue weighted by molar-refractivity contribution is 6.32. The van der Waals surface area contributed by atoms with Crippen LogP contribution >= 0.6 is 11.6 Å². The smallest absolute Gasteiger partial charge is 0.277 e. The topological polar surface area (TPSA) is 93.8 Å². The van der Waals surface area contributed by atoms with Gasteiger partial charge in [-0.25, -0.2) is 5.43 Å². The largest absolute Gasteiger partial charge is 0.482 e. The number of nitrogens with zero attached hydrogens (tertiary/aromatic N) is 2. The van der Waals surface area contributed by atoms with Gasteiger partial charge in [-0.1, -0.05) is 42.8 Å². The molecule has 0 atom stereocenters. The number of amides is 1. The molecule has 25 heavy (non-hydrogen) atoms. The molecule has 0 aliphatic heterocycles. The molecule has 130 valence electrons. The lowest BCUT2D eigenvalue weighted by molar-refractivity contribution is -0.385. The van der Waals surface area contributed by atoms with Crippen LogP contribution in [0.3, 0.4) is 0 Å². The number of nitro benzene ring substituents is 1. The van der Waals surface area contributed by atoms with Gasteiger partial charge in [0.1, 0.15) is 5.75 Å². The van der Waals surface area contributed by atoms with Crippen LogP contribution in [-0.2, 0) is 11.2 Å². The summed E-state index contributed by atoms with van der Waals surface area (Å²) in [5.74, 6) is -0.0788. The van der Waals surface area contributed by atoms with Crippen LogP contribution in [0.4, 0.5) is 5.69 Å². The molecule has 2 aromatic rings. The summed E-state index contributed by atoms with van der Waals surface area (Å²) in [4.78, 5) is 22.3. The number of rotatable bonds is 7. The minimum Gasteiger partial charge on any atom is -0.482 e. The van der Waals surface area contributed by atoms with E-state index in [1.807, 2.05) is 6.92 Å². The molecule has 0 heterocycles. The number of carbonyl (C=O) groups is 1. The second kappa shape index (κ2) is 8.79. The van der Waals surface area contributed by atoms with Crippen LogP contribution in [0.1, 0.15) is 18.1 Å². The molecule has 0 saturated carbocycles. The maximum atomic E-state index is 11.7. The molecule has 7 nitrogen and oxygen atoms in total. The molecule has 0 bridgehead atoms. The van der Waals surface area contributed by atoms with E-state index in [2.05, 4.69) is 10.5 Å². The van der Waals surface area contributed by atoms with Gasteiger partial charge >= 0.3 is 0 Å². The summed E-state index contributed by atoms with van der Waals surface area (Å²) >= 11 is 5.92. The van der Waals surface area contributed by atoms with Crippen molar-refractivity contribution >= 4 is 29.4 Å². The zero-order chi connectivity index (χ0) is 18.2. The van der Waals surface area contributed by atoms with Gasteiger partial charge in [-0.05, 0) is 18.6 Å². The quantitative estimate of drug-likeness (QED) is 0.465. The third kappa shape index (κ3) is 5.29. The summed E-state index contributed by atoms with van der Waals surface area (Å²) in [7, 11) is 0. The third-order valence-corrected chi connectivity index (χ3v) is 3.60. The molecule has 1 N–H and O–H groups in total. The molecule has 0 aromatic heterocycles. The van der Waals surface area contributed by atoms with Crippen molar-refractivity contribution in [2.24, 2.45) is 5.10 Å². The van der Waals surface area contributed by atoms with Gasteiger partial charge in [0.25, 0.3) is 11.6 Å². The van der Waals surface area contributed by atoms with Gasteiger partial charge in [0.2, 0.25) is 0 Å². The summed E-state index contributed by atoms with van der Waals surface area (Å²) < 4.78 is 5.27. The third-order valence-electron chi connectivity index (χ3n) is 3.29. The van der Waals surface area contributed by atoms with Crippen molar-refractivity contribution in [1.82, 2.24) is 5.43 Å². The Morgan fingerprint density at radius 3 is 2.80 bits per heavy atom. The molecular formula is C17H16ClN3O4. The van der Waals surface area contributed by atoms with Gasteiger partial charge in [-0.3, -0.25) is 14.9 Å². The maximum absolute atomic E-state index is 11.7. The van der Waals surface area contributed by atoms with E-state index in [-0.39, 0.29) is 12.3 Å². The second-order valence-corrected chi connectivity index (χ2v) is 5.42. The monoisotopic (exact) mass is 361 g/mol. The van der Waals surface area contributed by atoms with Crippen LogP contribution in [0, 0.1) is 10.1 Å². The highest BCUT2D eigenvalue weighted by atomic mass is 35.5. The standard InChI is InChI=1S/C17H16ClN3O4/c1-2-13-8-7-12(9-15(13)21(23)24)10-19-20-17(22)11-25-16-6-4-3-5-14(16)18/h3-10H,2,11H2,1H3,(H,20,22)/b19-10-. The first-order valence-corrected chi connectivity index (χ1v) is 7.85. The van der Waals surface area contributed by atoms with E-state index < -0.39 is 10.8 Å². The van der Waals surface area contributed by atoms with E-state index in [1.165, 1.54) is 12.3 Å². The van der Waals surface area contributed by atoms with Crippen molar-refractivity contribution in [3.63, 3.8) is 0 Å². The number of benzene rings is 2. The molecule has 0 saturated heterocycles. The summed E-state index contributed by atoms with van der Waals surface area (Å²) in [6.45, 7) is 1.59. The molecule has 0 fully saturated rings. The van der Waals surface area contributed by atoms with Crippen molar-refractivity contribution in [3.05, 3.63) is 68.7 Å². The van der Waals surface area contributed by atoms with Crippen molar-refractivity contribution < 1.29 is 14.5 Å². The zero-order valence-corrected chi connectivity index (χ0v) is 14.2. The lowest BCUT2D eigenvalue weighted by atomic mass is 10.1. The van der Waals surface area contributed by atoms with Gasteiger partial charge in [-0.15, -0.1) is 0 Å². The Hall–Kier alpha value is -2.93. The van der Waals surface area contributed by atoms with Crippen molar-refractivity contribution in [1.29, 1.82) is 0 Å². The highest BCUT2D eigenvalue weighted by Crippen LogP contribution is 2.23. The molecule has 0 aliphatic carbocycles. The van der Waals surface area contributed by atoms with Crippen molar-refractivity contribution in [2.45, 2.75) is 13.3 Å². The molecule has 0 aliphatic rings. The Morgan fingerprint density at radius 1 is 1.36 bits per heavy atom. The minimum absolute atomic E-state index is 0.0276. The van der Waals surface area contributed by atoms with E-state index in [0.29, 0.717) is 28.3 Å². The minimum atomic E-state index is -0.476. The number of ether oxygens (including phenoxy) is 1. The van der Waals surface area contributed by atoms with Crippen LogP contribution in [0.2, 0.25) is 5.02 Å². The normalized spacial score (nSPS) is 10.6. The zero-order valence-electron chi connectivity index (χ0n) is 13.4. The summed E-state index contributed by atoms with van der Waals surface area (Å²) in [5, 5.41) is 15.2. The molecule has 1 amide bonds. The van der Waals surface area contributed by atoms with Gasteiger partial charge in [-0.2, -0.15) is 5.10 Å². The fourth-order valence-corrected chi connectivity index (χ4v) is 2.24. The Labute approximate surface area is 149 Å². The van der Waals surface area contributed by atoms with E-state index in [1.54, 1.807) is 36.4 Å². The van der Waals surface area contributed by atoms with Gasteiger partial charge < -0.3 is 4.74 Å². The number of aryl methyl sites for hydroxylation is 1. The number of hydrogen-bond acceptors (Lipinski definition) is 5. The predicted molar refractivity (Wildman–Crippen MR) is 95.2 cm³/mol. The molecule has 0 spiro atoms. The fourth-order valence-electron chi connectivity index (χ4n) is 2.05. The Kier molecular flexibility index (Phi) is 6.47. The lowest BCUT2D eigenvalue weighted by Crippen LogP contribution is -2.24. The number of halogens is 1. The summed E-state index contributed by atoms with van der Waals surface area (Å²) in [5.41, 5.74) is 3.47. The average Bonchev–Trinajstić information content (AvgIpc) is 2.61. The van der Waals surface area contributed by atoms with E-state index in [0.717, 1.165) is 0 Å². The number of nitro groups is 1. The molecule has 0 radical (unpaired) electrons. The van der Waals surface area contributed by atoms with Gasteiger partial charge in [0.15, 0.2) is 6.61 Å². The summed E-state index contributed by atoms with van der Waals surface area (Å²) in [6, 6.07) is 11.6. The van der Waals surface area contributed by atoms with E-state index >= 15 is 0 Å². The molecule has 2 aromatic carbocycles. The summed E-state index contributed by atoms with van der Waals surface area (Å²) in [6.07, 6.45) is 1.89. The van der Waals surface area contributed by atoms with Crippen LogP contribution in [0.5, 0.6) is 5.75 Å². The number of nitrogens with one attached hydrogen (secondary N) is 1. The van der Waals surface area contributed by atoms with Crippen LogP contribution in [-0.4, -0.2) is 23.7 Å². The Morgan fingerprint density at radius 2 is 2.12 bits per heavy atom. The molecule has 2 rings (SSSR count). The van der Waals surface area contributed by atoms with Crippen LogP contribution in [0.15, 0.2) is 47.6 Å². The van der Waals surface area contributed by atoms with Gasteiger partial charge in [0, 0.05) is 17.2 Å². The molecule has 8 heteroatoms. The predicted octanol–water partition coefficient (Wildman–Crippen LogP) is 3.34. The highest BCUT2D eigenvalue weighted by Gasteiger charge is 2.12.